The number of nitrogens with zero attached hydrogens (tertiary/aromatic N) is 4. The Morgan fingerprint density at radius 2 is 1.97 bits per heavy atom. The van der Waals surface area contributed by atoms with Gasteiger partial charge in [-0.2, -0.15) is 5.10 Å². The van der Waals surface area contributed by atoms with Crippen molar-refractivity contribution in [3.05, 3.63) is 65.2 Å². The number of carbonyl (C=O) groups excluding carboxylic acids is 2. The fourth-order valence-corrected chi connectivity index (χ4v) is 4.00. The zero-order valence-corrected chi connectivity index (χ0v) is 21.2. The Morgan fingerprint density at radius 3 is 2.71 bits per heavy atom. The van der Waals surface area contributed by atoms with E-state index < -0.39 is 11.7 Å². The van der Waals surface area contributed by atoms with Crippen LogP contribution in [0.25, 0.3) is 16.9 Å². The monoisotopic (exact) mass is 518 g/mol. The van der Waals surface area contributed by atoms with Crippen LogP contribution in [-0.2, 0) is 11.3 Å². The van der Waals surface area contributed by atoms with E-state index in [4.69, 9.17) is 9.47 Å². The standard InChI is InChI=1S/C27H27FN6O4/c1-15-20(22-8-9-25-32-24(31-16(2)35)13-34(25)33-22)11-21(27(30-15)37-3)26(36)29-12-18-6-7-19(28)10-23(18)38-14-17-4-5-17/h6-11,13,17H,4-5,12,14H2,1-3H3,(H,29,36)(H,31,35). The number of hydrogen-bond donors (Lipinski definition) is 2. The molecule has 2 N–H and O–H groups in total. The molecule has 10 nitrogen and oxygen atoms in total. The molecule has 0 aliphatic heterocycles. The van der Waals surface area contributed by atoms with Crippen molar-refractivity contribution in [2.24, 2.45) is 5.92 Å². The molecule has 1 aliphatic carbocycles. The van der Waals surface area contributed by atoms with Gasteiger partial charge in [0.1, 0.15) is 17.1 Å². The third-order valence-electron chi connectivity index (χ3n) is 6.16. The highest BCUT2D eigenvalue weighted by molar-refractivity contribution is 5.97. The summed E-state index contributed by atoms with van der Waals surface area (Å²) in [6.45, 7) is 3.87. The number of benzene rings is 1. The molecule has 0 unspecified atom stereocenters. The van der Waals surface area contributed by atoms with Crippen LogP contribution in [-0.4, -0.2) is 45.1 Å². The van der Waals surface area contributed by atoms with E-state index in [9.17, 15) is 14.0 Å². The Morgan fingerprint density at radius 1 is 1.16 bits per heavy atom. The molecule has 1 fully saturated rings. The number of rotatable bonds is 9. The van der Waals surface area contributed by atoms with Crippen LogP contribution in [0.4, 0.5) is 10.2 Å². The number of fused-ring (bicyclic) bond motifs is 1. The largest absolute Gasteiger partial charge is 0.493 e. The molecular formula is C27H27FN6O4. The van der Waals surface area contributed by atoms with Gasteiger partial charge >= 0.3 is 0 Å². The van der Waals surface area contributed by atoms with Crippen molar-refractivity contribution in [1.82, 2.24) is 24.9 Å². The summed E-state index contributed by atoms with van der Waals surface area (Å²) in [7, 11) is 1.45. The van der Waals surface area contributed by atoms with Crippen molar-refractivity contribution in [3.8, 4) is 22.9 Å². The highest BCUT2D eigenvalue weighted by Gasteiger charge is 2.23. The summed E-state index contributed by atoms with van der Waals surface area (Å²) in [6.07, 6.45) is 3.83. The van der Waals surface area contributed by atoms with E-state index in [-0.39, 0.29) is 23.9 Å². The lowest BCUT2D eigenvalue weighted by Gasteiger charge is -2.14. The number of anilines is 1. The Hall–Kier alpha value is -4.54. The van der Waals surface area contributed by atoms with Crippen molar-refractivity contribution >= 4 is 23.3 Å². The van der Waals surface area contributed by atoms with E-state index in [1.165, 1.54) is 26.2 Å². The van der Waals surface area contributed by atoms with Crippen LogP contribution in [0.15, 0.2) is 42.6 Å². The van der Waals surface area contributed by atoms with Crippen LogP contribution >= 0.6 is 0 Å². The highest BCUT2D eigenvalue weighted by atomic mass is 19.1. The maximum atomic E-state index is 13.8. The van der Waals surface area contributed by atoms with Gasteiger partial charge in [0.05, 0.1) is 31.3 Å². The number of aryl methyl sites for hydroxylation is 1. The first-order valence-corrected chi connectivity index (χ1v) is 12.2. The van der Waals surface area contributed by atoms with Crippen LogP contribution in [0.5, 0.6) is 11.6 Å². The zero-order valence-electron chi connectivity index (χ0n) is 21.2. The number of halogens is 1. The summed E-state index contributed by atoms with van der Waals surface area (Å²) < 4.78 is 26.6. The van der Waals surface area contributed by atoms with E-state index in [2.05, 4.69) is 25.7 Å². The molecule has 0 radical (unpaired) electrons. The van der Waals surface area contributed by atoms with Gasteiger partial charge in [-0.3, -0.25) is 9.59 Å². The van der Waals surface area contributed by atoms with Gasteiger partial charge in [-0.1, -0.05) is 6.07 Å². The number of carbonyl (C=O) groups is 2. The smallest absolute Gasteiger partial charge is 0.257 e. The van der Waals surface area contributed by atoms with Gasteiger partial charge in [-0.25, -0.2) is 18.9 Å². The fraction of sp³-hybridized carbons (Fsp3) is 0.296. The van der Waals surface area contributed by atoms with Crippen molar-refractivity contribution in [2.45, 2.75) is 33.2 Å². The molecule has 5 rings (SSSR count). The molecule has 0 bridgehead atoms. The van der Waals surface area contributed by atoms with Crippen LogP contribution < -0.4 is 20.1 Å². The quantitative estimate of drug-likeness (QED) is 0.345. The van der Waals surface area contributed by atoms with Gasteiger partial charge in [0, 0.05) is 30.7 Å². The summed E-state index contributed by atoms with van der Waals surface area (Å²) in [6, 6.07) is 9.48. The SMILES string of the molecule is COc1nc(C)c(-c2ccc3nc(NC(C)=O)cn3n2)cc1C(=O)NCc1ccc(F)cc1OCC1CC1. The molecule has 11 heteroatoms. The Labute approximate surface area is 218 Å². The maximum absolute atomic E-state index is 13.8. The summed E-state index contributed by atoms with van der Waals surface area (Å²) in [5.41, 5.74) is 3.24. The topological polar surface area (TPSA) is 120 Å². The lowest BCUT2D eigenvalue weighted by Crippen LogP contribution is -2.24. The second-order valence-corrected chi connectivity index (χ2v) is 9.20. The molecule has 3 aromatic heterocycles. The van der Waals surface area contributed by atoms with E-state index in [1.807, 2.05) is 0 Å². The molecule has 0 atom stereocenters. The van der Waals surface area contributed by atoms with Crippen LogP contribution in [0.3, 0.4) is 0 Å². The van der Waals surface area contributed by atoms with E-state index >= 15 is 0 Å². The van der Waals surface area contributed by atoms with Crippen molar-refractivity contribution in [3.63, 3.8) is 0 Å². The normalized spacial score (nSPS) is 12.8. The molecule has 1 saturated carbocycles. The molecule has 0 saturated heterocycles. The Bertz CT molecular complexity index is 1530. The summed E-state index contributed by atoms with van der Waals surface area (Å²) in [5.74, 6) is 0.438. The predicted molar refractivity (Wildman–Crippen MR) is 138 cm³/mol. The maximum Gasteiger partial charge on any atom is 0.257 e. The number of ether oxygens (including phenoxy) is 2. The van der Waals surface area contributed by atoms with E-state index in [0.717, 1.165) is 12.8 Å². The molecule has 2 amide bonds. The summed E-state index contributed by atoms with van der Waals surface area (Å²) in [5, 5.41) is 10.1. The highest BCUT2D eigenvalue weighted by Crippen LogP contribution is 2.31. The third-order valence-corrected chi connectivity index (χ3v) is 6.16. The lowest BCUT2D eigenvalue weighted by molar-refractivity contribution is -0.114. The second-order valence-electron chi connectivity index (χ2n) is 9.20. The van der Waals surface area contributed by atoms with Gasteiger partial charge in [-0.05, 0) is 49.9 Å². The molecule has 1 aliphatic rings. The van der Waals surface area contributed by atoms with Crippen molar-refractivity contribution in [1.29, 1.82) is 0 Å². The van der Waals surface area contributed by atoms with E-state index in [0.29, 0.717) is 52.3 Å². The Kier molecular flexibility index (Phi) is 6.91. The molecule has 4 aromatic rings. The zero-order chi connectivity index (χ0) is 26.8. The van der Waals surface area contributed by atoms with Crippen LogP contribution in [0.1, 0.15) is 41.4 Å². The fourth-order valence-electron chi connectivity index (χ4n) is 4.00. The van der Waals surface area contributed by atoms with Gasteiger partial charge in [-0.15, -0.1) is 0 Å². The average molecular weight is 519 g/mol. The number of imidazole rings is 1. The van der Waals surface area contributed by atoms with Gasteiger partial charge in [0.25, 0.3) is 5.91 Å². The number of nitrogens with one attached hydrogen (secondary N) is 2. The Balaban J connectivity index is 1.39. The minimum atomic E-state index is -0.412. The number of hydrogen-bond acceptors (Lipinski definition) is 7. The molecule has 1 aromatic carbocycles. The molecular weight excluding hydrogens is 491 g/mol. The molecule has 196 valence electrons. The molecule has 38 heavy (non-hydrogen) atoms. The van der Waals surface area contributed by atoms with Gasteiger partial charge in [0.15, 0.2) is 11.5 Å². The van der Waals surface area contributed by atoms with Gasteiger partial charge in [0.2, 0.25) is 11.8 Å². The molecule has 3 heterocycles. The minimum absolute atomic E-state index is 0.136. The van der Waals surface area contributed by atoms with Crippen molar-refractivity contribution in [2.75, 3.05) is 19.0 Å². The van der Waals surface area contributed by atoms with E-state index in [1.54, 1.807) is 41.9 Å². The average Bonchev–Trinajstić information content (AvgIpc) is 3.63. The van der Waals surface area contributed by atoms with Crippen LogP contribution in [0.2, 0.25) is 0 Å². The number of amides is 2. The number of pyridine rings is 1. The first kappa shape index (κ1) is 25.1. The number of methoxy groups -OCH3 is 1. The number of aromatic nitrogens is 4. The summed E-state index contributed by atoms with van der Waals surface area (Å²) in [4.78, 5) is 33.4. The first-order valence-electron chi connectivity index (χ1n) is 12.2. The first-order chi connectivity index (χ1) is 18.3. The minimum Gasteiger partial charge on any atom is -0.493 e. The second kappa shape index (κ2) is 10.4. The molecule has 0 spiro atoms. The lowest BCUT2D eigenvalue weighted by atomic mass is 10.1. The van der Waals surface area contributed by atoms with Crippen molar-refractivity contribution < 1.29 is 23.5 Å². The predicted octanol–water partition coefficient (Wildman–Crippen LogP) is 3.92. The summed E-state index contributed by atoms with van der Waals surface area (Å²) >= 11 is 0. The van der Waals surface area contributed by atoms with Crippen LogP contribution in [0, 0.1) is 18.7 Å². The third kappa shape index (κ3) is 5.56. The van der Waals surface area contributed by atoms with Gasteiger partial charge < -0.3 is 20.1 Å².